The first-order chi connectivity index (χ1) is 16.7. The zero-order chi connectivity index (χ0) is 25.7. The van der Waals surface area contributed by atoms with Crippen LogP contribution in [0.15, 0.2) is 48.0 Å². The van der Waals surface area contributed by atoms with Crippen LogP contribution in [0, 0.1) is 5.92 Å². The number of aliphatic hydroxyl groups is 1. The maximum atomic E-state index is 13.2. The van der Waals surface area contributed by atoms with E-state index in [1.54, 1.807) is 42.5 Å². The van der Waals surface area contributed by atoms with Gasteiger partial charge in [0.2, 0.25) is 0 Å². The van der Waals surface area contributed by atoms with Gasteiger partial charge >= 0.3 is 0 Å². The number of ether oxygens (including phenoxy) is 1. The Bertz CT molecular complexity index is 1090. The van der Waals surface area contributed by atoms with E-state index in [2.05, 4.69) is 18.7 Å². The number of likely N-dealkylation sites (tertiary alicyclic amines) is 1. The third-order valence-corrected chi connectivity index (χ3v) is 6.80. The molecule has 8 heteroatoms. The summed E-state index contributed by atoms with van der Waals surface area (Å²) < 4.78 is 5.71. The molecule has 0 spiro atoms. The zero-order valence-corrected chi connectivity index (χ0v) is 22.1. The number of hydrogen-bond donors (Lipinski definition) is 1. The first kappa shape index (κ1) is 27.1. The lowest BCUT2D eigenvalue weighted by Gasteiger charge is -2.28. The number of rotatable bonds is 10. The number of aliphatic hydroxyl groups excluding tert-OH is 1. The van der Waals surface area contributed by atoms with Crippen molar-refractivity contribution < 1.29 is 19.4 Å². The maximum absolute atomic E-state index is 13.2. The van der Waals surface area contributed by atoms with Gasteiger partial charge in [-0.05, 0) is 61.0 Å². The second-order valence-corrected chi connectivity index (χ2v) is 9.74. The lowest BCUT2D eigenvalue weighted by atomic mass is 9.95. The number of nitrogens with zero attached hydrogens (tertiary/aromatic N) is 2. The SMILES string of the molecule is CCN(CC)CCN1C(=O)C(=O)/C(=C(/O)c2ccc(OCC(C)C)cc2)C1c1ccc(Cl)c(Cl)c1. The molecule has 0 aliphatic carbocycles. The third kappa shape index (κ3) is 6.18. The van der Waals surface area contributed by atoms with Crippen molar-refractivity contribution in [1.29, 1.82) is 0 Å². The molecule has 1 fully saturated rings. The first-order valence-corrected chi connectivity index (χ1v) is 12.6. The molecule has 1 aliphatic heterocycles. The largest absolute Gasteiger partial charge is 0.507 e. The van der Waals surface area contributed by atoms with Crippen LogP contribution in [0.3, 0.4) is 0 Å². The predicted octanol–water partition coefficient (Wildman–Crippen LogP) is 5.79. The van der Waals surface area contributed by atoms with E-state index >= 15 is 0 Å². The molecule has 0 saturated carbocycles. The molecule has 1 aliphatic rings. The molecule has 0 radical (unpaired) electrons. The highest BCUT2D eigenvalue weighted by Crippen LogP contribution is 2.41. The molecule has 2 aromatic rings. The molecular weight excluding hydrogens is 487 g/mol. The number of likely N-dealkylation sites (N-methyl/N-ethyl adjacent to an activating group) is 1. The number of Topliss-reactive ketones (excluding diaryl/α,β-unsaturated/α-hetero) is 1. The van der Waals surface area contributed by atoms with E-state index in [0.29, 0.717) is 52.5 Å². The van der Waals surface area contributed by atoms with Gasteiger partial charge in [-0.15, -0.1) is 0 Å². The number of carbonyl (C=O) groups excluding carboxylic acids is 2. The van der Waals surface area contributed by atoms with Crippen molar-refractivity contribution in [3.05, 3.63) is 69.2 Å². The molecule has 0 bridgehead atoms. The van der Waals surface area contributed by atoms with Crippen molar-refractivity contribution in [3.63, 3.8) is 0 Å². The molecule has 1 atom stereocenters. The lowest BCUT2D eigenvalue weighted by molar-refractivity contribution is -0.140. The molecule has 1 amide bonds. The van der Waals surface area contributed by atoms with Gasteiger partial charge < -0.3 is 19.6 Å². The molecular formula is C27H32Cl2N2O4. The summed E-state index contributed by atoms with van der Waals surface area (Å²) in [6.07, 6.45) is 0. The Labute approximate surface area is 217 Å². The van der Waals surface area contributed by atoms with Crippen molar-refractivity contribution in [2.24, 2.45) is 5.92 Å². The fourth-order valence-electron chi connectivity index (χ4n) is 4.06. The van der Waals surface area contributed by atoms with Crippen LogP contribution in [0.2, 0.25) is 10.0 Å². The monoisotopic (exact) mass is 518 g/mol. The molecule has 3 rings (SSSR count). The molecule has 35 heavy (non-hydrogen) atoms. The minimum atomic E-state index is -0.780. The van der Waals surface area contributed by atoms with Crippen molar-refractivity contribution >= 4 is 40.7 Å². The topological polar surface area (TPSA) is 70.1 Å². The Morgan fingerprint density at radius 1 is 1.06 bits per heavy atom. The second kappa shape index (κ2) is 11.9. The number of ketones is 1. The summed E-state index contributed by atoms with van der Waals surface area (Å²) in [7, 11) is 0. The maximum Gasteiger partial charge on any atom is 0.295 e. The Hall–Kier alpha value is -2.54. The van der Waals surface area contributed by atoms with Gasteiger partial charge in [0.1, 0.15) is 11.5 Å². The van der Waals surface area contributed by atoms with Crippen LogP contribution in [0.1, 0.15) is 44.9 Å². The fraction of sp³-hybridized carbons (Fsp3) is 0.407. The van der Waals surface area contributed by atoms with Gasteiger partial charge in [0, 0.05) is 18.7 Å². The Kier molecular flexibility index (Phi) is 9.22. The van der Waals surface area contributed by atoms with E-state index in [1.165, 1.54) is 4.90 Å². The smallest absolute Gasteiger partial charge is 0.295 e. The van der Waals surface area contributed by atoms with Crippen LogP contribution in [0.4, 0.5) is 0 Å². The number of benzene rings is 2. The van der Waals surface area contributed by atoms with Crippen LogP contribution in [0.5, 0.6) is 5.75 Å². The van der Waals surface area contributed by atoms with E-state index in [4.69, 9.17) is 27.9 Å². The molecule has 1 N–H and O–H groups in total. The van der Waals surface area contributed by atoms with Gasteiger partial charge in [0.25, 0.3) is 11.7 Å². The third-order valence-electron chi connectivity index (χ3n) is 6.06. The standard InChI is InChI=1S/C27H32Cl2N2O4/c1-5-30(6-2)13-14-31-24(19-9-12-21(28)22(29)15-19)23(26(33)27(31)34)25(32)18-7-10-20(11-8-18)35-16-17(3)4/h7-12,15,17,24,32H,5-6,13-14,16H2,1-4H3/b25-23+. The Balaban J connectivity index is 2.04. The molecule has 0 aromatic heterocycles. The summed E-state index contributed by atoms with van der Waals surface area (Å²) in [6.45, 7) is 11.3. The van der Waals surface area contributed by atoms with Gasteiger partial charge in [0.05, 0.1) is 28.3 Å². The quantitative estimate of drug-likeness (QED) is 0.244. The normalized spacial score (nSPS) is 17.6. The molecule has 1 unspecified atom stereocenters. The number of carbonyl (C=O) groups is 2. The van der Waals surface area contributed by atoms with Crippen LogP contribution in [0.25, 0.3) is 5.76 Å². The Morgan fingerprint density at radius 3 is 2.29 bits per heavy atom. The molecule has 6 nitrogen and oxygen atoms in total. The average Bonchev–Trinajstić information content (AvgIpc) is 3.10. The van der Waals surface area contributed by atoms with E-state index in [-0.39, 0.29) is 11.3 Å². The van der Waals surface area contributed by atoms with E-state index in [0.717, 1.165) is 13.1 Å². The van der Waals surface area contributed by atoms with Crippen molar-refractivity contribution in [2.45, 2.75) is 33.7 Å². The molecule has 1 heterocycles. The summed E-state index contributed by atoms with van der Waals surface area (Å²) in [6, 6.07) is 11.1. The fourth-order valence-corrected chi connectivity index (χ4v) is 4.36. The minimum absolute atomic E-state index is 0.0313. The van der Waals surface area contributed by atoms with E-state index in [1.807, 2.05) is 13.8 Å². The van der Waals surface area contributed by atoms with Crippen LogP contribution >= 0.6 is 23.2 Å². The highest BCUT2D eigenvalue weighted by atomic mass is 35.5. The van der Waals surface area contributed by atoms with Crippen molar-refractivity contribution in [3.8, 4) is 5.75 Å². The Morgan fingerprint density at radius 2 is 1.71 bits per heavy atom. The summed E-state index contributed by atoms with van der Waals surface area (Å²) in [5.41, 5.74) is 1.06. The summed E-state index contributed by atoms with van der Waals surface area (Å²) in [4.78, 5) is 30.0. The van der Waals surface area contributed by atoms with Crippen molar-refractivity contribution in [1.82, 2.24) is 9.80 Å². The number of amides is 1. The summed E-state index contributed by atoms with van der Waals surface area (Å²) in [5, 5.41) is 11.9. The number of halogens is 2. The summed E-state index contributed by atoms with van der Waals surface area (Å²) in [5.74, 6) is -0.567. The molecule has 188 valence electrons. The van der Waals surface area contributed by atoms with Gasteiger partial charge in [-0.3, -0.25) is 9.59 Å². The average molecular weight is 519 g/mol. The second-order valence-electron chi connectivity index (χ2n) is 8.92. The summed E-state index contributed by atoms with van der Waals surface area (Å²) >= 11 is 12.4. The van der Waals surface area contributed by atoms with Crippen LogP contribution < -0.4 is 4.74 Å². The van der Waals surface area contributed by atoms with Crippen LogP contribution in [-0.2, 0) is 9.59 Å². The zero-order valence-electron chi connectivity index (χ0n) is 20.6. The molecule has 2 aromatic carbocycles. The predicted molar refractivity (Wildman–Crippen MR) is 140 cm³/mol. The van der Waals surface area contributed by atoms with Crippen LogP contribution in [-0.4, -0.2) is 59.4 Å². The van der Waals surface area contributed by atoms with Gasteiger partial charge in [-0.1, -0.05) is 57.0 Å². The van der Waals surface area contributed by atoms with E-state index in [9.17, 15) is 14.7 Å². The van der Waals surface area contributed by atoms with Gasteiger partial charge in [-0.2, -0.15) is 0 Å². The first-order valence-electron chi connectivity index (χ1n) is 11.9. The highest BCUT2D eigenvalue weighted by molar-refractivity contribution is 6.46. The number of hydrogen-bond acceptors (Lipinski definition) is 5. The molecule has 1 saturated heterocycles. The minimum Gasteiger partial charge on any atom is -0.507 e. The van der Waals surface area contributed by atoms with Gasteiger partial charge in [0.15, 0.2) is 0 Å². The van der Waals surface area contributed by atoms with Crippen molar-refractivity contribution in [2.75, 3.05) is 32.8 Å². The van der Waals surface area contributed by atoms with E-state index < -0.39 is 17.7 Å². The highest BCUT2D eigenvalue weighted by Gasteiger charge is 2.46. The van der Waals surface area contributed by atoms with Gasteiger partial charge in [-0.25, -0.2) is 0 Å². The lowest BCUT2D eigenvalue weighted by Crippen LogP contribution is -2.38.